The summed E-state index contributed by atoms with van der Waals surface area (Å²) in [5.74, 6) is 0.302. The van der Waals surface area contributed by atoms with Gasteiger partial charge in [0.15, 0.2) is 0 Å². The zero-order valence-corrected chi connectivity index (χ0v) is 10.6. The number of rotatable bonds is 3. The van der Waals surface area contributed by atoms with Crippen LogP contribution in [0.25, 0.3) is 0 Å². The molecule has 2 N–H and O–H groups in total. The maximum atomic E-state index is 5.65. The number of thiocarbonyl (C=S) groups is 1. The molecule has 0 amide bonds. The second kappa shape index (κ2) is 4.96. The quantitative estimate of drug-likeness (QED) is 0.812. The summed E-state index contributed by atoms with van der Waals surface area (Å²) in [5, 5.41) is 0. The van der Waals surface area contributed by atoms with Crippen molar-refractivity contribution in [1.82, 2.24) is 0 Å². The monoisotopic (exact) mass is 233 g/mol. The third kappa shape index (κ3) is 2.62. The highest BCUT2D eigenvalue weighted by molar-refractivity contribution is 7.80. The zero-order valence-electron chi connectivity index (χ0n) is 9.83. The molecule has 0 spiro atoms. The summed E-state index contributed by atoms with van der Waals surface area (Å²) in [6.07, 6.45) is 6.14. The molecule has 0 saturated carbocycles. The topological polar surface area (TPSA) is 26.0 Å². The summed E-state index contributed by atoms with van der Waals surface area (Å²) < 4.78 is 0. The van der Waals surface area contributed by atoms with Gasteiger partial charge in [0.1, 0.15) is 0 Å². The number of aryl methyl sites for hydroxylation is 2. The largest absolute Gasteiger partial charge is 0.393 e. The van der Waals surface area contributed by atoms with Gasteiger partial charge in [0.2, 0.25) is 0 Å². The van der Waals surface area contributed by atoms with Crippen molar-refractivity contribution in [3.05, 3.63) is 34.9 Å². The van der Waals surface area contributed by atoms with Crippen LogP contribution in [-0.4, -0.2) is 4.99 Å². The molecule has 1 aromatic carbocycles. The van der Waals surface area contributed by atoms with Gasteiger partial charge < -0.3 is 5.73 Å². The molecule has 1 unspecified atom stereocenters. The highest BCUT2D eigenvalue weighted by atomic mass is 32.1. The standard InChI is InChI=1S/C14H19NS/c1-10(14(15)16)8-11-6-7-12-4-2-3-5-13(12)9-11/h6-7,9-10H,2-5,8H2,1H3,(H2,15,16). The van der Waals surface area contributed by atoms with Crippen LogP contribution >= 0.6 is 12.2 Å². The molecule has 1 aliphatic rings. The van der Waals surface area contributed by atoms with Crippen LogP contribution < -0.4 is 5.73 Å². The highest BCUT2D eigenvalue weighted by Gasteiger charge is 2.11. The van der Waals surface area contributed by atoms with Crippen LogP contribution in [0.5, 0.6) is 0 Å². The van der Waals surface area contributed by atoms with Crippen LogP contribution in [0, 0.1) is 5.92 Å². The molecule has 1 aromatic rings. The highest BCUT2D eigenvalue weighted by Crippen LogP contribution is 2.23. The lowest BCUT2D eigenvalue weighted by Crippen LogP contribution is -2.20. The fourth-order valence-electron chi connectivity index (χ4n) is 2.37. The predicted octanol–water partition coefficient (Wildman–Crippen LogP) is 3.03. The van der Waals surface area contributed by atoms with Crippen LogP contribution in [0.2, 0.25) is 0 Å². The minimum absolute atomic E-state index is 0.302. The van der Waals surface area contributed by atoms with Gasteiger partial charge >= 0.3 is 0 Å². The van der Waals surface area contributed by atoms with E-state index in [0.29, 0.717) is 10.9 Å². The number of benzene rings is 1. The maximum absolute atomic E-state index is 5.65. The average Bonchev–Trinajstić information content (AvgIpc) is 2.28. The van der Waals surface area contributed by atoms with Crippen molar-refractivity contribution >= 4 is 17.2 Å². The van der Waals surface area contributed by atoms with Gasteiger partial charge in [-0.25, -0.2) is 0 Å². The lowest BCUT2D eigenvalue weighted by molar-refractivity contribution is 0.681. The summed E-state index contributed by atoms with van der Waals surface area (Å²) in [6.45, 7) is 2.10. The van der Waals surface area contributed by atoms with Gasteiger partial charge in [-0.3, -0.25) is 0 Å². The first-order valence-electron chi connectivity index (χ1n) is 6.07. The first kappa shape index (κ1) is 11.6. The minimum Gasteiger partial charge on any atom is -0.393 e. The summed E-state index contributed by atoms with van der Waals surface area (Å²) in [5.41, 5.74) is 10.1. The lowest BCUT2D eigenvalue weighted by Gasteiger charge is -2.17. The Bertz CT molecular complexity index is 398. The normalized spacial score (nSPS) is 16.6. The van der Waals surface area contributed by atoms with Crippen molar-refractivity contribution in [2.45, 2.75) is 39.0 Å². The van der Waals surface area contributed by atoms with E-state index in [1.54, 1.807) is 5.56 Å². The molecule has 0 radical (unpaired) electrons. The average molecular weight is 233 g/mol. The van der Waals surface area contributed by atoms with Crippen LogP contribution in [0.15, 0.2) is 18.2 Å². The van der Waals surface area contributed by atoms with Crippen molar-refractivity contribution in [3.8, 4) is 0 Å². The molecule has 86 valence electrons. The number of hydrogen-bond acceptors (Lipinski definition) is 1. The van der Waals surface area contributed by atoms with Crippen molar-refractivity contribution < 1.29 is 0 Å². The van der Waals surface area contributed by atoms with Gasteiger partial charge in [-0.2, -0.15) is 0 Å². The van der Waals surface area contributed by atoms with E-state index in [4.69, 9.17) is 18.0 Å². The Balaban J connectivity index is 2.14. The van der Waals surface area contributed by atoms with E-state index in [1.807, 2.05) is 0 Å². The summed E-state index contributed by atoms with van der Waals surface area (Å²) in [4.78, 5) is 0.623. The van der Waals surface area contributed by atoms with Crippen molar-refractivity contribution in [2.24, 2.45) is 11.7 Å². The van der Waals surface area contributed by atoms with Crippen LogP contribution in [0.1, 0.15) is 36.5 Å². The molecule has 0 fully saturated rings. The molecule has 0 saturated heterocycles. The SMILES string of the molecule is CC(Cc1ccc2c(c1)CCCC2)C(N)=S. The summed E-state index contributed by atoms with van der Waals surface area (Å²) in [6, 6.07) is 6.87. The van der Waals surface area contributed by atoms with E-state index in [2.05, 4.69) is 25.1 Å². The van der Waals surface area contributed by atoms with Gasteiger partial charge in [-0.15, -0.1) is 0 Å². The second-order valence-electron chi connectivity index (χ2n) is 4.82. The van der Waals surface area contributed by atoms with E-state index in [-0.39, 0.29) is 0 Å². The predicted molar refractivity (Wildman–Crippen MR) is 72.7 cm³/mol. The van der Waals surface area contributed by atoms with Crippen molar-refractivity contribution in [2.75, 3.05) is 0 Å². The first-order chi connectivity index (χ1) is 7.66. The smallest absolute Gasteiger partial charge is 0.0759 e. The van der Waals surface area contributed by atoms with Crippen molar-refractivity contribution in [3.63, 3.8) is 0 Å². The molecule has 0 aromatic heterocycles. The van der Waals surface area contributed by atoms with Gasteiger partial charge in [0, 0.05) is 5.92 Å². The Kier molecular flexibility index (Phi) is 3.59. The third-order valence-corrected chi connectivity index (χ3v) is 3.84. The van der Waals surface area contributed by atoms with E-state index in [1.165, 1.54) is 36.8 Å². The van der Waals surface area contributed by atoms with Gasteiger partial charge in [0.05, 0.1) is 4.99 Å². The molecule has 16 heavy (non-hydrogen) atoms. The van der Waals surface area contributed by atoms with Gasteiger partial charge in [0.25, 0.3) is 0 Å². The number of hydrogen-bond donors (Lipinski definition) is 1. The minimum atomic E-state index is 0.302. The van der Waals surface area contributed by atoms with Crippen molar-refractivity contribution in [1.29, 1.82) is 0 Å². The molecule has 0 aliphatic heterocycles. The second-order valence-corrected chi connectivity index (χ2v) is 5.29. The number of nitrogens with two attached hydrogens (primary N) is 1. The first-order valence-corrected chi connectivity index (χ1v) is 6.47. The Hall–Kier alpha value is -0.890. The Labute approximate surface area is 103 Å². The lowest BCUT2D eigenvalue weighted by atomic mass is 9.89. The molecule has 1 atom stereocenters. The molecule has 1 nitrogen and oxygen atoms in total. The molecule has 2 rings (SSSR count). The van der Waals surface area contributed by atoms with E-state index < -0.39 is 0 Å². The Morgan fingerprint density at radius 1 is 1.31 bits per heavy atom. The van der Waals surface area contributed by atoms with E-state index in [0.717, 1.165) is 6.42 Å². The Morgan fingerprint density at radius 2 is 2.00 bits per heavy atom. The van der Waals surface area contributed by atoms with Gasteiger partial charge in [-0.1, -0.05) is 37.3 Å². The van der Waals surface area contributed by atoms with Gasteiger partial charge in [-0.05, 0) is 48.8 Å². The van der Waals surface area contributed by atoms with Crippen LogP contribution in [0.3, 0.4) is 0 Å². The summed E-state index contributed by atoms with van der Waals surface area (Å²) in [7, 11) is 0. The maximum Gasteiger partial charge on any atom is 0.0759 e. The third-order valence-electron chi connectivity index (χ3n) is 3.44. The molecule has 0 heterocycles. The molecule has 2 heteroatoms. The fourth-order valence-corrected chi connectivity index (χ4v) is 2.45. The molecular weight excluding hydrogens is 214 g/mol. The van der Waals surface area contributed by atoms with Crippen LogP contribution in [0.4, 0.5) is 0 Å². The molecule has 0 bridgehead atoms. The van der Waals surface area contributed by atoms with Crippen LogP contribution in [-0.2, 0) is 19.3 Å². The number of fused-ring (bicyclic) bond motifs is 1. The molecule has 1 aliphatic carbocycles. The zero-order chi connectivity index (χ0) is 11.5. The van der Waals surface area contributed by atoms with E-state index >= 15 is 0 Å². The Morgan fingerprint density at radius 3 is 2.69 bits per heavy atom. The molecular formula is C14H19NS. The fraction of sp³-hybridized carbons (Fsp3) is 0.500. The summed E-state index contributed by atoms with van der Waals surface area (Å²) >= 11 is 5.02. The van der Waals surface area contributed by atoms with E-state index in [9.17, 15) is 0 Å².